The second-order valence-electron chi connectivity index (χ2n) is 3.68. The molecule has 0 radical (unpaired) electrons. The summed E-state index contributed by atoms with van der Waals surface area (Å²) in [6.07, 6.45) is 4.26. The number of halogens is 1. The second kappa shape index (κ2) is 3.31. The lowest BCUT2D eigenvalue weighted by Crippen LogP contribution is -2.17. The SMILES string of the molecule is Cn1ncc(Cl)c1C(CN)C1CC1. The molecule has 3 nitrogen and oxygen atoms in total. The van der Waals surface area contributed by atoms with E-state index in [4.69, 9.17) is 17.3 Å². The number of rotatable bonds is 3. The van der Waals surface area contributed by atoms with E-state index >= 15 is 0 Å². The Morgan fingerprint density at radius 1 is 1.77 bits per heavy atom. The normalized spacial score (nSPS) is 19.0. The van der Waals surface area contributed by atoms with Crippen LogP contribution in [0.25, 0.3) is 0 Å². The van der Waals surface area contributed by atoms with Crippen LogP contribution in [-0.4, -0.2) is 16.3 Å². The molecule has 0 spiro atoms. The van der Waals surface area contributed by atoms with Crippen LogP contribution in [0.15, 0.2) is 6.20 Å². The van der Waals surface area contributed by atoms with Crippen molar-refractivity contribution in [2.75, 3.05) is 6.54 Å². The molecule has 2 rings (SSSR count). The van der Waals surface area contributed by atoms with Crippen molar-refractivity contribution in [3.8, 4) is 0 Å². The Morgan fingerprint density at radius 3 is 2.85 bits per heavy atom. The maximum Gasteiger partial charge on any atom is 0.0821 e. The molecule has 1 atom stereocenters. The lowest BCUT2D eigenvalue weighted by atomic mass is 10.00. The van der Waals surface area contributed by atoms with Crippen molar-refractivity contribution in [1.29, 1.82) is 0 Å². The first-order chi connectivity index (χ1) is 6.24. The van der Waals surface area contributed by atoms with Crippen molar-refractivity contribution >= 4 is 11.6 Å². The van der Waals surface area contributed by atoms with Crippen LogP contribution in [0, 0.1) is 5.92 Å². The van der Waals surface area contributed by atoms with Gasteiger partial charge in [0.05, 0.1) is 16.9 Å². The van der Waals surface area contributed by atoms with E-state index in [1.54, 1.807) is 6.20 Å². The first kappa shape index (κ1) is 9.03. The summed E-state index contributed by atoms with van der Waals surface area (Å²) in [6.45, 7) is 0.671. The second-order valence-corrected chi connectivity index (χ2v) is 4.09. The molecule has 0 saturated heterocycles. The molecule has 2 N–H and O–H groups in total. The summed E-state index contributed by atoms with van der Waals surface area (Å²) in [5.41, 5.74) is 6.85. The smallest absolute Gasteiger partial charge is 0.0821 e. The maximum absolute atomic E-state index is 6.05. The molecule has 1 fully saturated rings. The number of hydrogen-bond donors (Lipinski definition) is 1. The molecule has 1 aliphatic carbocycles. The van der Waals surface area contributed by atoms with Crippen molar-refractivity contribution in [2.45, 2.75) is 18.8 Å². The minimum Gasteiger partial charge on any atom is -0.330 e. The van der Waals surface area contributed by atoms with E-state index in [9.17, 15) is 0 Å². The van der Waals surface area contributed by atoms with Crippen LogP contribution in [0.4, 0.5) is 0 Å². The Labute approximate surface area is 82.9 Å². The van der Waals surface area contributed by atoms with Crippen molar-refractivity contribution < 1.29 is 0 Å². The van der Waals surface area contributed by atoms with E-state index < -0.39 is 0 Å². The molecule has 72 valence electrons. The number of nitrogens with zero attached hydrogens (tertiary/aromatic N) is 2. The number of aromatic nitrogens is 2. The molecule has 0 aliphatic heterocycles. The summed E-state index contributed by atoms with van der Waals surface area (Å²) in [7, 11) is 1.92. The van der Waals surface area contributed by atoms with Crippen LogP contribution in [0.3, 0.4) is 0 Å². The molecule has 0 bridgehead atoms. The van der Waals surface area contributed by atoms with Crippen LogP contribution in [-0.2, 0) is 7.05 Å². The summed E-state index contributed by atoms with van der Waals surface area (Å²) in [5, 5.41) is 4.88. The van der Waals surface area contributed by atoms with E-state index in [0.717, 1.165) is 16.6 Å². The first-order valence-electron chi connectivity index (χ1n) is 4.61. The summed E-state index contributed by atoms with van der Waals surface area (Å²) in [6, 6.07) is 0. The van der Waals surface area contributed by atoms with E-state index in [1.807, 2.05) is 11.7 Å². The minimum atomic E-state index is 0.403. The molecule has 1 saturated carbocycles. The van der Waals surface area contributed by atoms with Gasteiger partial charge in [0.2, 0.25) is 0 Å². The van der Waals surface area contributed by atoms with Gasteiger partial charge in [-0.3, -0.25) is 4.68 Å². The molecule has 1 aromatic heterocycles. The highest BCUT2D eigenvalue weighted by molar-refractivity contribution is 6.31. The first-order valence-corrected chi connectivity index (χ1v) is 4.99. The quantitative estimate of drug-likeness (QED) is 0.803. The van der Waals surface area contributed by atoms with Gasteiger partial charge >= 0.3 is 0 Å². The predicted octanol–water partition coefficient (Wildman–Crippen LogP) is 1.53. The van der Waals surface area contributed by atoms with Crippen molar-refractivity contribution in [1.82, 2.24) is 9.78 Å². The van der Waals surface area contributed by atoms with Crippen LogP contribution in [0.2, 0.25) is 5.02 Å². The Bertz CT molecular complexity index is 284. The topological polar surface area (TPSA) is 43.8 Å². The van der Waals surface area contributed by atoms with Crippen LogP contribution in [0.1, 0.15) is 24.5 Å². The van der Waals surface area contributed by atoms with Crippen LogP contribution >= 0.6 is 11.6 Å². The minimum absolute atomic E-state index is 0.403. The molecule has 4 heteroatoms. The fourth-order valence-electron chi connectivity index (χ4n) is 1.86. The molecular formula is C9H14ClN3. The number of aryl methyl sites for hydroxylation is 1. The maximum atomic E-state index is 6.05. The van der Waals surface area contributed by atoms with Gasteiger partial charge in [0.25, 0.3) is 0 Å². The van der Waals surface area contributed by atoms with Gasteiger partial charge in [0, 0.05) is 19.5 Å². The monoisotopic (exact) mass is 199 g/mol. The molecule has 1 aliphatic rings. The molecule has 0 amide bonds. The van der Waals surface area contributed by atoms with Crippen LogP contribution < -0.4 is 5.73 Å². The highest BCUT2D eigenvalue weighted by Gasteiger charge is 2.34. The fourth-order valence-corrected chi connectivity index (χ4v) is 2.17. The van der Waals surface area contributed by atoms with Crippen molar-refractivity contribution in [3.05, 3.63) is 16.9 Å². The van der Waals surface area contributed by atoms with Gasteiger partial charge in [-0.1, -0.05) is 11.6 Å². The highest BCUT2D eigenvalue weighted by atomic mass is 35.5. The summed E-state index contributed by atoms with van der Waals surface area (Å²) in [4.78, 5) is 0. The Hall–Kier alpha value is -0.540. The largest absolute Gasteiger partial charge is 0.330 e. The number of nitrogens with two attached hydrogens (primary N) is 1. The van der Waals surface area contributed by atoms with Gasteiger partial charge < -0.3 is 5.73 Å². The van der Waals surface area contributed by atoms with Gasteiger partial charge in [-0.25, -0.2) is 0 Å². The Morgan fingerprint density at radius 2 is 2.46 bits per heavy atom. The summed E-state index contributed by atoms with van der Waals surface area (Å²) >= 11 is 6.05. The number of hydrogen-bond acceptors (Lipinski definition) is 2. The molecule has 0 aromatic carbocycles. The van der Waals surface area contributed by atoms with Gasteiger partial charge in [0.15, 0.2) is 0 Å². The van der Waals surface area contributed by atoms with Gasteiger partial charge in [-0.15, -0.1) is 0 Å². The third kappa shape index (κ3) is 1.58. The zero-order valence-electron chi connectivity index (χ0n) is 7.70. The van der Waals surface area contributed by atoms with Gasteiger partial charge in [-0.2, -0.15) is 5.10 Å². The molecule has 1 heterocycles. The van der Waals surface area contributed by atoms with Crippen LogP contribution in [0.5, 0.6) is 0 Å². The summed E-state index contributed by atoms with van der Waals surface area (Å²) in [5.74, 6) is 1.14. The third-order valence-corrected chi connectivity index (χ3v) is 3.03. The van der Waals surface area contributed by atoms with Crippen molar-refractivity contribution in [2.24, 2.45) is 18.7 Å². The zero-order chi connectivity index (χ0) is 9.42. The predicted molar refractivity (Wildman–Crippen MR) is 52.7 cm³/mol. The van der Waals surface area contributed by atoms with Gasteiger partial charge in [0.1, 0.15) is 0 Å². The van der Waals surface area contributed by atoms with E-state index in [0.29, 0.717) is 12.5 Å². The fraction of sp³-hybridized carbons (Fsp3) is 0.667. The van der Waals surface area contributed by atoms with E-state index in [2.05, 4.69) is 5.10 Å². The van der Waals surface area contributed by atoms with E-state index in [1.165, 1.54) is 12.8 Å². The Balaban J connectivity index is 2.30. The summed E-state index contributed by atoms with van der Waals surface area (Å²) < 4.78 is 1.85. The van der Waals surface area contributed by atoms with Crippen molar-refractivity contribution in [3.63, 3.8) is 0 Å². The third-order valence-electron chi connectivity index (χ3n) is 2.73. The highest BCUT2D eigenvalue weighted by Crippen LogP contribution is 2.43. The lowest BCUT2D eigenvalue weighted by Gasteiger charge is -2.14. The molecule has 1 unspecified atom stereocenters. The standard InChI is InChI=1S/C9H14ClN3/c1-13-9(8(10)5-12-13)7(4-11)6-2-3-6/h5-7H,2-4,11H2,1H3. The molecular weight excluding hydrogens is 186 g/mol. The Kier molecular flexibility index (Phi) is 2.30. The molecule has 13 heavy (non-hydrogen) atoms. The average molecular weight is 200 g/mol. The van der Waals surface area contributed by atoms with Gasteiger partial charge in [-0.05, 0) is 18.8 Å². The zero-order valence-corrected chi connectivity index (χ0v) is 8.46. The molecule has 1 aromatic rings. The lowest BCUT2D eigenvalue weighted by molar-refractivity contribution is 0.556. The van der Waals surface area contributed by atoms with E-state index in [-0.39, 0.29) is 0 Å². The average Bonchev–Trinajstić information content (AvgIpc) is 2.88.